The van der Waals surface area contributed by atoms with Crippen molar-refractivity contribution >= 4 is 55.5 Å². The van der Waals surface area contributed by atoms with Crippen LogP contribution in [0.2, 0.25) is 10.0 Å². The predicted molar refractivity (Wildman–Crippen MR) is 150 cm³/mol. The minimum Gasteiger partial charge on any atom is -0.338 e. The number of halogens is 3. The van der Waals surface area contributed by atoms with Gasteiger partial charge in [-0.3, -0.25) is 4.79 Å². The third-order valence-corrected chi connectivity index (χ3v) is 8.69. The van der Waals surface area contributed by atoms with Crippen molar-refractivity contribution in [3.05, 3.63) is 94.1 Å². The molecule has 1 aliphatic rings. The summed E-state index contributed by atoms with van der Waals surface area (Å²) < 4.78 is 44.1. The first-order chi connectivity index (χ1) is 19.0. The molecule has 6 rings (SSSR count). The lowest BCUT2D eigenvalue weighted by molar-refractivity contribution is -0.116. The second-order valence-electron chi connectivity index (χ2n) is 9.81. The fraction of sp³-hybridized carbons (Fsp3) is 0.179. The zero-order valence-electron chi connectivity index (χ0n) is 21.0. The van der Waals surface area contributed by atoms with Gasteiger partial charge in [-0.15, -0.1) is 0 Å². The molecule has 3 aromatic carbocycles. The first-order valence-corrected chi connectivity index (χ1v) is 14.9. The molecule has 1 saturated carbocycles. The maximum Gasteiger partial charge on any atom is 0.257 e. The molecule has 0 atom stereocenters. The van der Waals surface area contributed by atoms with Crippen LogP contribution < -0.4 is 5.32 Å². The number of carbonyl (C=O) groups excluding carboxylic acids is 1. The van der Waals surface area contributed by atoms with Crippen molar-refractivity contribution in [3.8, 4) is 11.5 Å². The second-order valence-corrected chi connectivity index (χ2v) is 12.6. The lowest BCUT2D eigenvalue weighted by Gasteiger charge is -2.17. The molecule has 204 valence electrons. The highest BCUT2D eigenvalue weighted by Crippen LogP contribution is 2.57. The van der Waals surface area contributed by atoms with Crippen LogP contribution in [0.5, 0.6) is 0 Å². The molecule has 0 bridgehead atoms. The minimum absolute atomic E-state index is 0.00231. The van der Waals surface area contributed by atoms with Crippen molar-refractivity contribution in [2.24, 2.45) is 0 Å². The standard InChI is InChI=1S/C28H21Cl2FN4O4S/c1-40(37,38)20-6-7-23-17(12-20)8-11-35(23)15-24(36)32-19-13-21(29)25(22(30)14-19)28(9-10-28)27-33-26(39-34-27)16-2-4-18(31)5-3-16/h2-8,11-14H,9-10,15H2,1H3,(H,32,36). The van der Waals surface area contributed by atoms with Crippen LogP contribution in [0.4, 0.5) is 10.1 Å². The molecule has 1 aliphatic carbocycles. The van der Waals surface area contributed by atoms with Crippen LogP contribution in [0.25, 0.3) is 22.4 Å². The number of rotatable bonds is 7. The number of anilines is 1. The Morgan fingerprint density at radius 2 is 1.77 bits per heavy atom. The molecule has 1 fully saturated rings. The third kappa shape index (κ3) is 4.87. The van der Waals surface area contributed by atoms with E-state index in [0.29, 0.717) is 50.9 Å². The Bertz CT molecular complexity index is 1870. The minimum atomic E-state index is -3.34. The summed E-state index contributed by atoms with van der Waals surface area (Å²) in [6.07, 6.45) is 4.30. The Hall–Kier alpha value is -3.73. The van der Waals surface area contributed by atoms with Crippen molar-refractivity contribution < 1.29 is 22.1 Å². The molecule has 1 N–H and O–H groups in total. The SMILES string of the molecule is CS(=O)(=O)c1ccc2c(ccn2CC(=O)Nc2cc(Cl)c(C3(c4noc(-c5ccc(F)cc5)n4)CC3)c(Cl)c2)c1. The number of amides is 1. The van der Waals surface area contributed by atoms with Crippen LogP contribution >= 0.6 is 23.2 Å². The highest BCUT2D eigenvalue weighted by atomic mass is 35.5. The van der Waals surface area contributed by atoms with E-state index in [2.05, 4.69) is 15.5 Å². The van der Waals surface area contributed by atoms with Gasteiger partial charge >= 0.3 is 0 Å². The van der Waals surface area contributed by atoms with Gasteiger partial charge < -0.3 is 14.4 Å². The fourth-order valence-corrected chi connectivity index (χ4v) is 6.35. The van der Waals surface area contributed by atoms with Crippen molar-refractivity contribution in [2.75, 3.05) is 11.6 Å². The van der Waals surface area contributed by atoms with Gasteiger partial charge in [0.1, 0.15) is 12.4 Å². The molecule has 0 unspecified atom stereocenters. The maximum atomic E-state index is 13.3. The summed E-state index contributed by atoms with van der Waals surface area (Å²) in [6, 6.07) is 15.6. The zero-order chi connectivity index (χ0) is 28.2. The van der Waals surface area contributed by atoms with Crippen molar-refractivity contribution in [1.82, 2.24) is 14.7 Å². The molecule has 2 aromatic heterocycles. The van der Waals surface area contributed by atoms with E-state index in [-0.39, 0.29) is 29.1 Å². The predicted octanol–water partition coefficient (Wildman–Crippen LogP) is 6.26. The van der Waals surface area contributed by atoms with E-state index >= 15 is 0 Å². The van der Waals surface area contributed by atoms with Gasteiger partial charge in [-0.25, -0.2) is 12.8 Å². The Morgan fingerprint density at radius 1 is 1.07 bits per heavy atom. The highest BCUT2D eigenvalue weighted by molar-refractivity contribution is 7.90. The second kappa shape index (κ2) is 9.72. The maximum absolute atomic E-state index is 13.3. The molecule has 12 heteroatoms. The van der Waals surface area contributed by atoms with Gasteiger partial charge in [0.05, 0.1) is 10.3 Å². The fourth-order valence-electron chi connectivity index (χ4n) is 4.84. The number of hydrogen-bond donors (Lipinski definition) is 1. The summed E-state index contributed by atoms with van der Waals surface area (Å²) in [7, 11) is -3.34. The van der Waals surface area contributed by atoms with E-state index in [1.807, 2.05) is 0 Å². The molecular formula is C28H21Cl2FN4O4S. The Kier molecular flexibility index (Phi) is 6.44. The van der Waals surface area contributed by atoms with E-state index in [4.69, 9.17) is 27.7 Å². The van der Waals surface area contributed by atoms with Gasteiger partial charge in [0.2, 0.25) is 5.91 Å². The Labute approximate surface area is 238 Å². The normalized spacial score (nSPS) is 14.4. The topological polar surface area (TPSA) is 107 Å². The largest absolute Gasteiger partial charge is 0.338 e. The van der Waals surface area contributed by atoms with Gasteiger partial charge in [-0.2, -0.15) is 4.98 Å². The number of nitrogens with zero attached hydrogens (tertiary/aromatic N) is 3. The van der Waals surface area contributed by atoms with E-state index in [0.717, 1.165) is 11.8 Å². The number of nitrogens with one attached hydrogen (secondary N) is 1. The van der Waals surface area contributed by atoms with Gasteiger partial charge in [-0.1, -0.05) is 28.4 Å². The average molecular weight is 599 g/mol. The molecule has 2 heterocycles. The molecule has 1 amide bonds. The Balaban J connectivity index is 1.21. The smallest absolute Gasteiger partial charge is 0.257 e. The number of fused-ring (bicyclic) bond motifs is 1. The molecular weight excluding hydrogens is 578 g/mol. The van der Waals surface area contributed by atoms with Crippen LogP contribution in [0.3, 0.4) is 0 Å². The molecule has 5 aromatic rings. The number of sulfone groups is 1. The zero-order valence-corrected chi connectivity index (χ0v) is 23.3. The summed E-state index contributed by atoms with van der Waals surface area (Å²) in [5.41, 5.74) is 1.78. The van der Waals surface area contributed by atoms with E-state index in [1.54, 1.807) is 53.2 Å². The number of benzene rings is 3. The van der Waals surface area contributed by atoms with Gasteiger partial charge in [0.15, 0.2) is 15.7 Å². The number of hydrogen-bond acceptors (Lipinski definition) is 6. The first-order valence-electron chi connectivity index (χ1n) is 12.2. The Morgan fingerprint density at radius 3 is 2.42 bits per heavy atom. The van der Waals surface area contributed by atoms with E-state index in [9.17, 15) is 17.6 Å². The van der Waals surface area contributed by atoms with Gasteiger partial charge in [-0.05, 0) is 73.5 Å². The summed E-state index contributed by atoms with van der Waals surface area (Å²) in [4.78, 5) is 17.6. The molecule has 0 radical (unpaired) electrons. The van der Waals surface area contributed by atoms with E-state index < -0.39 is 15.3 Å². The van der Waals surface area contributed by atoms with Gasteiger partial charge in [0, 0.05) is 50.2 Å². The monoisotopic (exact) mass is 598 g/mol. The van der Waals surface area contributed by atoms with Crippen LogP contribution in [-0.4, -0.2) is 35.3 Å². The average Bonchev–Trinajstić information content (AvgIpc) is 3.34. The van der Waals surface area contributed by atoms with Crippen LogP contribution in [0.15, 0.2) is 76.3 Å². The van der Waals surface area contributed by atoms with Crippen LogP contribution in [-0.2, 0) is 26.6 Å². The van der Waals surface area contributed by atoms with Crippen molar-refractivity contribution in [2.45, 2.75) is 29.7 Å². The van der Waals surface area contributed by atoms with Crippen molar-refractivity contribution in [3.63, 3.8) is 0 Å². The number of carbonyl (C=O) groups is 1. The molecule has 0 spiro atoms. The first kappa shape index (κ1) is 26.5. The summed E-state index contributed by atoms with van der Waals surface area (Å²) >= 11 is 13.4. The van der Waals surface area contributed by atoms with E-state index in [1.165, 1.54) is 18.2 Å². The van der Waals surface area contributed by atoms with Crippen LogP contribution in [0, 0.1) is 5.82 Å². The summed E-state index contributed by atoms with van der Waals surface area (Å²) in [5.74, 6) is 0.0269. The van der Waals surface area contributed by atoms with Crippen molar-refractivity contribution in [1.29, 1.82) is 0 Å². The summed E-state index contributed by atoms with van der Waals surface area (Å²) in [6.45, 7) is -0.00231. The molecule has 0 saturated heterocycles. The lowest BCUT2D eigenvalue weighted by atomic mass is 9.94. The molecule has 0 aliphatic heterocycles. The molecule has 8 nitrogen and oxygen atoms in total. The van der Waals surface area contributed by atoms with Crippen LogP contribution in [0.1, 0.15) is 24.2 Å². The molecule has 40 heavy (non-hydrogen) atoms. The summed E-state index contributed by atoms with van der Waals surface area (Å²) in [5, 5.41) is 8.41. The third-order valence-electron chi connectivity index (χ3n) is 6.98. The quantitative estimate of drug-likeness (QED) is 0.237. The lowest BCUT2D eigenvalue weighted by Crippen LogP contribution is -2.19. The number of aromatic nitrogens is 3. The highest BCUT2D eigenvalue weighted by Gasteiger charge is 2.52. The van der Waals surface area contributed by atoms with Gasteiger partial charge in [0.25, 0.3) is 5.89 Å².